The number of hydrogen-bond acceptors (Lipinski definition) is 2. The molecule has 104 valence electrons. The zero-order valence-corrected chi connectivity index (χ0v) is 11.4. The molecule has 0 aromatic carbocycles. The van der Waals surface area contributed by atoms with E-state index < -0.39 is 0 Å². The van der Waals surface area contributed by atoms with Gasteiger partial charge in [0.25, 0.3) is 0 Å². The maximum Gasteiger partial charge on any atom is 0.315 e. The molecule has 2 aliphatic rings. The third-order valence-electron chi connectivity index (χ3n) is 4.08. The summed E-state index contributed by atoms with van der Waals surface area (Å²) in [6.45, 7) is 4.68. The first kappa shape index (κ1) is 13.7. The van der Waals surface area contributed by atoms with Crippen LogP contribution in [0.4, 0.5) is 4.79 Å². The third-order valence-corrected chi connectivity index (χ3v) is 4.08. The number of ether oxygens (including phenoxy) is 1. The number of carbonyl (C=O) groups excluding carboxylic acids is 1. The summed E-state index contributed by atoms with van der Waals surface area (Å²) in [7, 11) is 0. The Morgan fingerprint density at radius 1 is 1.28 bits per heavy atom. The molecule has 4 heteroatoms. The lowest BCUT2D eigenvalue weighted by molar-refractivity contribution is 0.0557. The second-order valence-electron chi connectivity index (χ2n) is 5.91. The van der Waals surface area contributed by atoms with E-state index >= 15 is 0 Å². The third kappa shape index (κ3) is 4.48. The van der Waals surface area contributed by atoms with Gasteiger partial charge in [-0.15, -0.1) is 0 Å². The smallest absolute Gasteiger partial charge is 0.315 e. The molecule has 0 spiro atoms. The number of urea groups is 1. The van der Waals surface area contributed by atoms with Crippen molar-refractivity contribution in [1.82, 2.24) is 10.6 Å². The lowest BCUT2D eigenvalue weighted by atomic mass is 9.87. The maximum atomic E-state index is 11.8. The summed E-state index contributed by atoms with van der Waals surface area (Å²) in [5, 5.41) is 6.08. The second kappa shape index (κ2) is 6.98. The molecule has 18 heavy (non-hydrogen) atoms. The van der Waals surface area contributed by atoms with Crippen LogP contribution in [0.15, 0.2) is 0 Å². The first-order valence-corrected chi connectivity index (χ1v) is 7.36. The Morgan fingerprint density at radius 2 is 2.17 bits per heavy atom. The lowest BCUT2D eigenvalue weighted by Gasteiger charge is -2.28. The van der Waals surface area contributed by atoms with Gasteiger partial charge < -0.3 is 15.4 Å². The zero-order valence-electron chi connectivity index (χ0n) is 11.4. The number of amides is 2. The summed E-state index contributed by atoms with van der Waals surface area (Å²) >= 11 is 0. The van der Waals surface area contributed by atoms with E-state index in [1.54, 1.807) is 0 Å². The topological polar surface area (TPSA) is 50.4 Å². The van der Waals surface area contributed by atoms with Crippen molar-refractivity contribution in [3.63, 3.8) is 0 Å². The molecule has 4 nitrogen and oxygen atoms in total. The summed E-state index contributed by atoms with van der Waals surface area (Å²) in [4.78, 5) is 11.8. The van der Waals surface area contributed by atoms with E-state index in [4.69, 9.17) is 4.74 Å². The van der Waals surface area contributed by atoms with E-state index in [2.05, 4.69) is 17.6 Å². The number of rotatable bonds is 3. The molecule has 2 rings (SSSR count). The van der Waals surface area contributed by atoms with Crippen LogP contribution in [0.1, 0.15) is 45.4 Å². The van der Waals surface area contributed by atoms with E-state index in [-0.39, 0.29) is 6.03 Å². The highest BCUT2D eigenvalue weighted by Gasteiger charge is 2.21. The second-order valence-corrected chi connectivity index (χ2v) is 5.91. The first-order valence-electron chi connectivity index (χ1n) is 7.36. The molecule has 2 N–H and O–H groups in total. The lowest BCUT2D eigenvalue weighted by Crippen LogP contribution is -2.45. The van der Waals surface area contributed by atoms with Crippen molar-refractivity contribution in [3.05, 3.63) is 0 Å². The minimum absolute atomic E-state index is 0.000302. The van der Waals surface area contributed by atoms with E-state index in [1.165, 1.54) is 19.3 Å². The number of carbonyl (C=O) groups is 1. The molecule has 0 radical (unpaired) electrons. The monoisotopic (exact) mass is 254 g/mol. The highest BCUT2D eigenvalue weighted by atomic mass is 16.5. The largest absolute Gasteiger partial charge is 0.381 e. The summed E-state index contributed by atoms with van der Waals surface area (Å²) in [5.74, 6) is 1.24. The van der Waals surface area contributed by atoms with Crippen molar-refractivity contribution in [2.45, 2.75) is 51.5 Å². The molecular formula is C14H26N2O2. The molecule has 0 aromatic heterocycles. The van der Waals surface area contributed by atoms with Crippen LogP contribution in [0.2, 0.25) is 0 Å². The van der Waals surface area contributed by atoms with Gasteiger partial charge in [0.15, 0.2) is 0 Å². The van der Waals surface area contributed by atoms with Crippen molar-refractivity contribution >= 4 is 6.03 Å². The molecule has 0 bridgehead atoms. The summed E-state index contributed by atoms with van der Waals surface area (Å²) < 4.78 is 5.41. The minimum atomic E-state index is -0.000302. The van der Waals surface area contributed by atoms with Crippen molar-refractivity contribution in [1.29, 1.82) is 0 Å². The van der Waals surface area contributed by atoms with Crippen LogP contribution in [-0.2, 0) is 4.74 Å². The normalized spacial score (nSPS) is 32.8. The fourth-order valence-electron chi connectivity index (χ4n) is 3.01. The predicted octanol–water partition coefficient (Wildman–Crippen LogP) is 2.29. The standard InChI is InChI=1S/C14H26N2O2/c1-11-4-2-6-13(8-11)16-14(17)15-9-12-5-3-7-18-10-12/h11-13H,2-10H2,1H3,(H2,15,16,17). The molecule has 1 heterocycles. The Hall–Kier alpha value is -0.770. The predicted molar refractivity (Wildman–Crippen MR) is 71.5 cm³/mol. The molecule has 2 amide bonds. The van der Waals surface area contributed by atoms with E-state index in [0.29, 0.717) is 12.0 Å². The highest BCUT2D eigenvalue weighted by Crippen LogP contribution is 2.23. The minimum Gasteiger partial charge on any atom is -0.381 e. The van der Waals surface area contributed by atoms with Gasteiger partial charge in [-0.2, -0.15) is 0 Å². The zero-order chi connectivity index (χ0) is 12.8. The van der Waals surface area contributed by atoms with Crippen molar-refractivity contribution in [2.24, 2.45) is 11.8 Å². The van der Waals surface area contributed by atoms with Gasteiger partial charge in [0, 0.05) is 19.2 Å². The molecular weight excluding hydrogens is 228 g/mol. The molecule has 0 aromatic rings. The molecule has 1 saturated carbocycles. The Kier molecular flexibility index (Phi) is 5.29. The molecule has 3 unspecified atom stereocenters. The van der Waals surface area contributed by atoms with Crippen molar-refractivity contribution < 1.29 is 9.53 Å². The van der Waals surface area contributed by atoms with Crippen LogP contribution >= 0.6 is 0 Å². The molecule has 2 fully saturated rings. The fourth-order valence-corrected chi connectivity index (χ4v) is 3.01. The fraction of sp³-hybridized carbons (Fsp3) is 0.929. The van der Waals surface area contributed by atoms with Gasteiger partial charge in [-0.05, 0) is 37.5 Å². The van der Waals surface area contributed by atoms with Gasteiger partial charge in [0.2, 0.25) is 0 Å². The van der Waals surface area contributed by atoms with Gasteiger partial charge in [-0.3, -0.25) is 0 Å². The Balaban J connectivity index is 1.62. The Labute approximate surface area is 110 Å². The summed E-state index contributed by atoms with van der Waals surface area (Å²) in [6, 6.07) is 0.371. The van der Waals surface area contributed by atoms with Crippen LogP contribution < -0.4 is 10.6 Å². The van der Waals surface area contributed by atoms with Gasteiger partial charge in [-0.1, -0.05) is 19.8 Å². The molecule has 1 aliphatic heterocycles. The highest BCUT2D eigenvalue weighted by molar-refractivity contribution is 5.74. The van der Waals surface area contributed by atoms with Crippen LogP contribution in [0.25, 0.3) is 0 Å². The van der Waals surface area contributed by atoms with E-state index in [0.717, 1.165) is 44.9 Å². The first-order chi connectivity index (χ1) is 8.74. The SMILES string of the molecule is CC1CCCC(NC(=O)NCC2CCCOC2)C1. The summed E-state index contributed by atoms with van der Waals surface area (Å²) in [6.07, 6.45) is 7.08. The Morgan fingerprint density at radius 3 is 2.89 bits per heavy atom. The van der Waals surface area contributed by atoms with Crippen LogP contribution in [0, 0.1) is 11.8 Å². The van der Waals surface area contributed by atoms with Crippen LogP contribution in [0.3, 0.4) is 0 Å². The van der Waals surface area contributed by atoms with E-state index in [1.807, 2.05) is 0 Å². The van der Waals surface area contributed by atoms with Gasteiger partial charge >= 0.3 is 6.03 Å². The van der Waals surface area contributed by atoms with Crippen LogP contribution in [0.5, 0.6) is 0 Å². The quantitative estimate of drug-likeness (QED) is 0.812. The summed E-state index contributed by atoms with van der Waals surface area (Å²) in [5.41, 5.74) is 0. The van der Waals surface area contributed by atoms with Crippen molar-refractivity contribution in [3.8, 4) is 0 Å². The molecule has 1 aliphatic carbocycles. The van der Waals surface area contributed by atoms with Crippen LogP contribution in [-0.4, -0.2) is 31.8 Å². The average molecular weight is 254 g/mol. The maximum absolute atomic E-state index is 11.8. The number of hydrogen-bond donors (Lipinski definition) is 2. The molecule has 1 saturated heterocycles. The Bertz CT molecular complexity index is 265. The van der Waals surface area contributed by atoms with Crippen molar-refractivity contribution in [2.75, 3.05) is 19.8 Å². The van der Waals surface area contributed by atoms with Gasteiger partial charge in [0.1, 0.15) is 0 Å². The average Bonchev–Trinajstić information content (AvgIpc) is 2.38. The van der Waals surface area contributed by atoms with Gasteiger partial charge in [-0.25, -0.2) is 4.79 Å². The molecule has 3 atom stereocenters. The van der Waals surface area contributed by atoms with Gasteiger partial charge in [0.05, 0.1) is 6.61 Å². The number of nitrogens with one attached hydrogen (secondary N) is 2. The van der Waals surface area contributed by atoms with E-state index in [9.17, 15) is 4.79 Å².